The number of sulfonamides is 1. The fourth-order valence-electron chi connectivity index (χ4n) is 2.63. The first kappa shape index (κ1) is 26.3. The Kier molecular flexibility index (Phi) is 11.3. The van der Waals surface area contributed by atoms with Gasteiger partial charge in [-0.2, -0.15) is 0 Å². The van der Waals surface area contributed by atoms with Crippen LogP contribution in [0.2, 0.25) is 0 Å². The molecule has 2 aromatic rings. The van der Waals surface area contributed by atoms with Crippen molar-refractivity contribution in [1.29, 1.82) is 0 Å². The van der Waals surface area contributed by atoms with Gasteiger partial charge in [0, 0.05) is 19.6 Å². The third-order valence-electron chi connectivity index (χ3n) is 4.29. The van der Waals surface area contributed by atoms with E-state index in [2.05, 4.69) is 20.3 Å². The largest absolute Gasteiger partial charge is 0.384 e. The van der Waals surface area contributed by atoms with Crippen LogP contribution in [0.15, 0.2) is 65.7 Å². The molecule has 0 fully saturated rings. The van der Waals surface area contributed by atoms with E-state index >= 15 is 0 Å². The minimum Gasteiger partial charge on any atom is -0.384 e. The third kappa shape index (κ3) is 9.41. The summed E-state index contributed by atoms with van der Waals surface area (Å²) in [6, 6.07) is 18.7. The fourth-order valence-corrected chi connectivity index (χ4v) is 3.53. The van der Waals surface area contributed by atoms with Crippen LogP contribution in [0.1, 0.15) is 25.0 Å². The topological polar surface area (TPSA) is 103 Å². The van der Waals surface area contributed by atoms with Crippen molar-refractivity contribution in [3.05, 3.63) is 71.8 Å². The molecule has 2 rings (SSSR count). The first-order valence-electron chi connectivity index (χ1n) is 9.64. The van der Waals surface area contributed by atoms with Crippen LogP contribution >= 0.6 is 24.0 Å². The maximum atomic E-state index is 12.2. The highest BCUT2D eigenvalue weighted by molar-refractivity contribution is 14.0. The first-order chi connectivity index (χ1) is 13.8. The second-order valence-corrected chi connectivity index (χ2v) is 8.81. The average Bonchev–Trinajstić information content (AvgIpc) is 2.72. The molecule has 1 unspecified atom stereocenters. The molecule has 0 aliphatic rings. The van der Waals surface area contributed by atoms with Gasteiger partial charge >= 0.3 is 0 Å². The summed E-state index contributed by atoms with van der Waals surface area (Å²) in [6.45, 7) is 4.85. The molecule has 1 atom stereocenters. The molecule has 0 heterocycles. The molecular weight excluding hydrogens is 515 g/mol. The van der Waals surface area contributed by atoms with Crippen molar-refractivity contribution in [3.63, 3.8) is 0 Å². The molecule has 4 N–H and O–H groups in total. The Morgan fingerprint density at radius 2 is 1.63 bits per heavy atom. The van der Waals surface area contributed by atoms with Gasteiger partial charge in [0.1, 0.15) is 5.60 Å². The first-order valence-corrected chi connectivity index (χ1v) is 11.3. The van der Waals surface area contributed by atoms with E-state index in [1.807, 2.05) is 67.6 Å². The van der Waals surface area contributed by atoms with E-state index in [1.165, 1.54) is 0 Å². The number of hydrogen-bond donors (Lipinski definition) is 4. The molecule has 9 heteroatoms. The molecule has 0 aliphatic carbocycles. The molecule has 0 amide bonds. The predicted octanol–water partition coefficient (Wildman–Crippen LogP) is 2.19. The Hall–Kier alpha value is -1.69. The Bertz CT molecular complexity index is 876. The minimum absolute atomic E-state index is 0. The van der Waals surface area contributed by atoms with E-state index in [0.29, 0.717) is 12.5 Å². The monoisotopic (exact) mass is 546 g/mol. The van der Waals surface area contributed by atoms with Gasteiger partial charge in [-0.25, -0.2) is 18.1 Å². The number of hydrogen-bond acceptors (Lipinski definition) is 4. The van der Waals surface area contributed by atoms with Crippen LogP contribution in [0.25, 0.3) is 0 Å². The second-order valence-electron chi connectivity index (χ2n) is 6.89. The van der Waals surface area contributed by atoms with Crippen LogP contribution in [-0.4, -0.2) is 44.9 Å². The van der Waals surface area contributed by atoms with Gasteiger partial charge in [-0.1, -0.05) is 60.7 Å². The zero-order chi connectivity index (χ0) is 21.2. The SMILES string of the molecule is CCNC(=NCC(C)(O)c1ccccc1)NCCS(=O)(=O)NCc1ccccc1.I. The molecule has 2 aromatic carbocycles. The van der Waals surface area contributed by atoms with Gasteiger partial charge in [0.2, 0.25) is 10.0 Å². The molecule has 0 saturated carbocycles. The van der Waals surface area contributed by atoms with Crippen LogP contribution in [-0.2, 0) is 22.2 Å². The van der Waals surface area contributed by atoms with Crippen molar-refractivity contribution in [3.8, 4) is 0 Å². The number of aliphatic imine (C=N–C) groups is 1. The van der Waals surface area contributed by atoms with E-state index < -0.39 is 15.6 Å². The number of benzene rings is 2. The molecule has 0 spiro atoms. The lowest BCUT2D eigenvalue weighted by atomic mass is 9.96. The Labute approximate surface area is 196 Å². The summed E-state index contributed by atoms with van der Waals surface area (Å²) in [4.78, 5) is 4.40. The highest BCUT2D eigenvalue weighted by atomic mass is 127. The summed E-state index contributed by atoms with van der Waals surface area (Å²) in [7, 11) is -3.42. The zero-order valence-electron chi connectivity index (χ0n) is 17.3. The van der Waals surface area contributed by atoms with E-state index in [9.17, 15) is 13.5 Å². The van der Waals surface area contributed by atoms with Gasteiger partial charge in [0.05, 0.1) is 12.3 Å². The molecule has 0 aromatic heterocycles. The lowest BCUT2D eigenvalue weighted by molar-refractivity contribution is 0.0672. The van der Waals surface area contributed by atoms with Crippen molar-refractivity contribution in [2.24, 2.45) is 4.99 Å². The standard InChI is InChI=1S/C21H30N4O3S.HI/c1-3-22-20(24-17-21(2,26)19-12-8-5-9-13-19)23-14-15-29(27,28)25-16-18-10-6-4-7-11-18;/h4-13,25-26H,3,14-17H2,1-2H3,(H2,22,23,24);1H. The summed E-state index contributed by atoms with van der Waals surface area (Å²) in [5.41, 5.74) is 0.557. The molecule has 30 heavy (non-hydrogen) atoms. The van der Waals surface area contributed by atoms with Crippen molar-refractivity contribution >= 4 is 40.0 Å². The van der Waals surface area contributed by atoms with E-state index in [-0.39, 0.29) is 49.4 Å². The van der Waals surface area contributed by atoms with Crippen molar-refractivity contribution in [2.45, 2.75) is 26.0 Å². The minimum atomic E-state index is -3.42. The predicted molar refractivity (Wildman–Crippen MR) is 132 cm³/mol. The van der Waals surface area contributed by atoms with Crippen LogP contribution in [0.4, 0.5) is 0 Å². The number of nitrogens with one attached hydrogen (secondary N) is 3. The van der Waals surface area contributed by atoms with E-state index in [4.69, 9.17) is 0 Å². The van der Waals surface area contributed by atoms with Gasteiger partial charge in [0.15, 0.2) is 5.96 Å². The van der Waals surface area contributed by atoms with Crippen LogP contribution in [0.5, 0.6) is 0 Å². The quantitative estimate of drug-likeness (QED) is 0.208. The average molecular weight is 546 g/mol. The van der Waals surface area contributed by atoms with Gasteiger partial charge in [-0.15, -0.1) is 24.0 Å². The molecule has 7 nitrogen and oxygen atoms in total. The Morgan fingerprint density at radius 1 is 1.03 bits per heavy atom. The smallest absolute Gasteiger partial charge is 0.213 e. The molecular formula is C21H31IN4O3S. The fraction of sp³-hybridized carbons (Fsp3) is 0.381. The molecule has 0 saturated heterocycles. The molecule has 166 valence electrons. The highest BCUT2D eigenvalue weighted by Gasteiger charge is 2.22. The molecule has 0 bridgehead atoms. The summed E-state index contributed by atoms with van der Waals surface area (Å²) in [5, 5.41) is 16.7. The summed E-state index contributed by atoms with van der Waals surface area (Å²) in [5.74, 6) is 0.376. The number of rotatable bonds is 10. The Balaban J connectivity index is 0.00000450. The van der Waals surface area contributed by atoms with Crippen molar-refractivity contribution in [2.75, 3.05) is 25.4 Å². The Morgan fingerprint density at radius 3 is 2.23 bits per heavy atom. The second kappa shape index (κ2) is 12.9. The summed E-state index contributed by atoms with van der Waals surface area (Å²) >= 11 is 0. The number of nitrogens with zero attached hydrogens (tertiary/aromatic N) is 1. The maximum Gasteiger partial charge on any atom is 0.213 e. The zero-order valence-corrected chi connectivity index (χ0v) is 20.5. The number of aliphatic hydroxyl groups is 1. The van der Waals surface area contributed by atoms with Gasteiger partial charge < -0.3 is 15.7 Å². The third-order valence-corrected chi connectivity index (χ3v) is 5.61. The van der Waals surface area contributed by atoms with Gasteiger partial charge in [-0.3, -0.25) is 0 Å². The molecule has 0 radical (unpaired) electrons. The van der Waals surface area contributed by atoms with E-state index in [1.54, 1.807) is 6.92 Å². The van der Waals surface area contributed by atoms with Gasteiger partial charge in [0.25, 0.3) is 0 Å². The van der Waals surface area contributed by atoms with Crippen molar-refractivity contribution in [1.82, 2.24) is 15.4 Å². The van der Waals surface area contributed by atoms with Crippen LogP contribution < -0.4 is 15.4 Å². The number of halogens is 1. The lowest BCUT2D eigenvalue weighted by Crippen LogP contribution is -2.42. The van der Waals surface area contributed by atoms with E-state index in [0.717, 1.165) is 11.1 Å². The maximum absolute atomic E-state index is 12.2. The molecule has 0 aliphatic heterocycles. The lowest BCUT2D eigenvalue weighted by Gasteiger charge is -2.22. The van der Waals surface area contributed by atoms with Crippen LogP contribution in [0.3, 0.4) is 0 Å². The van der Waals surface area contributed by atoms with Gasteiger partial charge in [-0.05, 0) is 25.0 Å². The van der Waals surface area contributed by atoms with Crippen LogP contribution in [0, 0.1) is 0 Å². The normalized spacial score (nSPS) is 13.8. The van der Waals surface area contributed by atoms with Crippen molar-refractivity contribution < 1.29 is 13.5 Å². The highest BCUT2D eigenvalue weighted by Crippen LogP contribution is 2.20. The summed E-state index contributed by atoms with van der Waals surface area (Å²) < 4.78 is 27.0. The number of guanidine groups is 1. The summed E-state index contributed by atoms with van der Waals surface area (Å²) in [6.07, 6.45) is 0.